The van der Waals surface area contributed by atoms with E-state index in [0.717, 1.165) is 16.5 Å². The molecule has 0 amide bonds. The highest BCUT2D eigenvalue weighted by atomic mass is 15.1. The molecule has 0 spiro atoms. The molecule has 0 fully saturated rings. The van der Waals surface area contributed by atoms with Crippen LogP contribution in [0.4, 0.5) is 5.69 Å². The molecule has 1 atom stereocenters. The van der Waals surface area contributed by atoms with Gasteiger partial charge in [-0.25, -0.2) is 0 Å². The molecule has 2 rings (SSSR count). The summed E-state index contributed by atoms with van der Waals surface area (Å²) in [4.78, 5) is 2.09. The molecule has 94 valence electrons. The fraction of sp³-hybridized carbons (Fsp3) is 0.250. The van der Waals surface area contributed by atoms with E-state index >= 15 is 0 Å². The highest BCUT2D eigenvalue weighted by molar-refractivity contribution is 5.97. The Bertz CT molecular complexity index is 676. The average Bonchev–Trinajstić information content (AvgIpc) is 2.45. The topological polar surface area (TPSA) is 50.8 Å². The smallest absolute Gasteiger partial charge is 0.0998 e. The summed E-state index contributed by atoms with van der Waals surface area (Å²) < 4.78 is 0. The van der Waals surface area contributed by atoms with Gasteiger partial charge < -0.3 is 4.90 Å². The van der Waals surface area contributed by atoms with Gasteiger partial charge in [0.1, 0.15) is 0 Å². The van der Waals surface area contributed by atoms with Crippen LogP contribution in [0.15, 0.2) is 36.4 Å². The van der Waals surface area contributed by atoms with Gasteiger partial charge in [0.05, 0.1) is 24.1 Å². The first-order valence-electron chi connectivity index (χ1n) is 6.20. The Hall–Kier alpha value is -2.52. The van der Waals surface area contributed by atoms with Crippen molar-refractivity contribution in [2.45, 2.75) is 19.4 Å². The van der Waals surface area contributed by atoms with Gasteiger partial charge in [-0.2, -0.15) is 10.5 Å². The Kier molecular flexibility index (Phi) is 3.68. The van der Waals surface area contributed by atoms with Crippen molar-refractivity contribution in [2.75, 3.05) is 11.9 Å². The van der Waals surface area contributed by atoms with E-state index in [1.807, 2.05) is 50.4 Å². The van der Waals surface area contributed by atoms with E-state index in [-0.39, 0.29) is 6.04 Å². The lowest BCUT2D eigenvalue weighted by atomic mass is 10.0. The zero-order valence-corrected chi connectivity index (χ0v) is 11.1. The van der Waals surface area contributed by atoms with Crippen molar-refractivity contribution in [3.63, 3.8) is 0 Å². The first-order chi connectivity index (χ1) is 9.19. The van der Waals surface area contributed by atoms with Crippen LogP contribution in [-0.2, 0) is 0 Å². The molecule has 0 aliphatic heterocycles. The average molecular weight is 249 g/mol. The summed E-state index contributed by atoms with van der Waals surface area (Å²) in [5, 5.41) is 20.0. The highest BCUT2D eigenvalue weighted by Crippen LogP contribution is 2.29. The summed E-state index contributed by atoms with van der Waals surface area (Å²) in [6.07, 6.45) is 0.477. The second kappa shape index (κ2) is 5.42. The van der Waals surface area contributed by atoms with E-state index in [1.165, 1.54) is 0 Å². The van der Waals surface area contributed by atoms with E-state index in [1.54, 1.807) is 0 Å². The third kappa shape index (κ3) is 2.37. The van der Waals surface area contributed by atoms with Gasteiger partial charge >= 0.3 is 0 Å². The molecule has 0 N–H and O–H groups in total. The van der Waals surface area contributed by atoms with Crippen LogP contribution in [0.1, 0.15) is 18.9 Å². The van der Waals surface area contributed by atoms with Gasteiger partial charge in [-0.15, -0.1) is 0 Å². The zero-order valence-electron chi connectivity index (χ0n) is 11.1. The molecule has 0 radical (unpaired) electrons. The van der Waals surface area contributed by atoms with Gasteiger partial charge in [0.2, 0.25) is 0 Å². The number of nitrogens with zero attached hydrogens (tertiary/aromatic N) is 3. The maximum absolute atomic E-state index is 9.15. The van der Waals surface area contributed by atoms with Gasteiger partial charge in [-0.05, 0) is 19.1 Å². The zero-order chi connectivity index (χ0) is 13.8. The molecular weight excluding hydrogens is 234 g/mol. The molecule has 0 aromatic heterocycles. The van der Waals surface area contributed by atoms with Crippen molar-refractivity contribution in [2.24, 2.45) is 0 Å². The lowest BCUT2D eigenvalue weighted by Crippen LogP contribution is -2.28. The largest absolute Gasteiger partial charge is 0.370 e. The van der Waals surface area contributed by atoms with E-state index < -0.39 is 0 Å². The van der Waals surface area contributed by atoms with E-state index in [2.05, 4.69) is 17.0 Å². The number of hydrogen-bond donors (Lipinski definition) is 0. The first-order valence-corrected chi connectivity index (χ1v) is 6.20. The minimum Gasteiger partial charge on any atom is -0.370 e. The van der Waals surface area contributed by atoms with E-state index in [0.29, 0.717) is 12.0 Å². The normalized spacial score (nSPS) is 11.6. The molecular formula is C16H15N3. The SMILES string of the molecule is CC(CC#N)N(C)c1ccc(C#N)c2ccccc12. The first kappa shape index (κ1) is 12.9. The summed E-state index contributed by atoms with van der Waals surface area (Å²) >= 11 is 0. The Morgan fingerprint density at radius 3 is 2.42 bits per heavy atom. The standard InChI is InChI=1S/C16H15N3/c1-12(9-10-17)19(2)16-8-7-13(11-18)14-5-3-4-6-15(14)16/h3-8,12H,9H2,1-2H3. The molecule has 0 saturated heterocycles. The predicted molar refractivity (Wildman–Crippen MR) is 76.8 cm³/mol. The molecule has 2 aromatic carbocycles. The summed E-state index contributed by atoms with van der Waals surface area (Å²) in [6.45, 7) is 2.02. The molecule has 3 heteroatoms. The molecule has 0 bridgehead atoms. The van der Waals surface area contributed by atoms with Crippen molar-refractivity contribution in [1.82, 2.24) is 0 Å². The van der Waals surface area contributed by atoms with Crippen molar-refractivity contribution >= 4 is 16.5 Å². The van der Waals surface area contributed by atoms with Crippen molar-refractivity contribution < 1.29 is 0 Å². The Labute approximate surface area is 113 Å². The number of fused-ring (bicyclic) bond motifs is 1. The fourth-order valence-corrected chi connectivity index (χ4v) is 2.19. The van der Waals surface area contributed by atoms with Crippen molar-refractivity contribution in [1.29, 1.82) is 10.5 Å². The molecule has 3 nitrogen and oxygen atoms in total. The number of rotatable bonds is 3. The monoisotopic (exact) mass is 249 g/mol. The summed E-state index contributed by atoms with van der Waals surface area (Å²) in [6, 6.07) is 16.2. The molecule has 2 aromatic rings. The lowest BCUT2D eigenvalue weighted by molar-refractivity contribution is 0.705. The van der Waals surface area contributed by atoms with Crippen molar-refractivity contribution in [3.05, 3.63) is 42.0 Å². The third-order valence-corrected chi connectivity index (χ3v) is 3.45. The predicted octanol–water partition coefficient (Wildman–Crippen LogP) is 3.45. The van der Waals surface area contributed by atoms with Crippen LogP contribution < -0.4 is 4.90 Å². The lowest BCUT2D eigenvalue weighted by Gasteiger charge is -2.26. The van der Waals surface area contributed by atoms with Gasteiger partial charge in [0, 0.05) is 29.5 Å². The molecule has 0 heterocycles. The third-order valence-electron chi connectivity index (χ3n) is 3.45. The van der Waals surface area contributed by atoms with Crippen molar-refractivity contribution in [3.8, 4) is 12.1 Å². The fourth-order valence-electron chi connectivity index (χ4n) is 2.19. The van der Waals surface area contributed by atoms with Gasteiger partial charge in [-0.3, -0.25) is 0 Å². The number of benzene rings is 2. The molecule has 0 aliphatic rings. The summed E-state index contributed by atoms with van der Waals surface area (Å²) in [5.41, 5.74) is 1.73. The van der Waals surface area contributed by atoms with E-state index in [4.69, 9.17) is 10.5 Å². The van der Waals surface area contributed by atoms with Crippen LogP contribution in [0.5, 0.6) is 0 Å². The second-order valence-corrected chi connectivity index (χ2v) is 4.61. The highest BCUT2D eigenvalue weighted by Gasteiger charge is 2.13. The minimum atomic E-state index is 0.140. The molecule has 0 saturated carbocycles. The molecule has 0 aliphatic carbocycles. The van der Waals surface area contributed by atoms with Crippen LogP contribution in [0.2, 0.25) is 0 Å². The van der Waals surface area contributed by atoms with Gasteiger partial charge in [-0.1, -0.05) is 24.3 Å². The minimum absolute atomic E-state index is 0.140. The Balaban J connectivity index is 2.57. The molecule has 19 heavy (non-hydrogen) atoms. The summed E-state index contributed by atoms with van der Waals surface area (Å²) in [5.74, 6) is 0. The number of hydrogen-bond acceptors (Lipinski definition) is 3. The Morgan fingerprint density at radius 1 is 1.11 bits per heavy atom. The number of nitriles is 2. The van der Waals surface area contributed by atoms with Crippen LogP contribution >= 0.6 is 0 Å². The quantitative estimate of drug-likeness (QED) is 0.837. The van der Waals surface area contributed by atoms with E-state index in [9.17, 15) is 0 Å². The molecule has 1 unspecified atom stereocenters. The maximum atomic E-state index is 9.15. The Morgan fingerprint density at radius 2 is 1.79 bits per heavy atom. The van der Waals surface area contributed by atoms with Crippen LogP contribution in [-0.4, -0.2) is 13.1 Å². The van der Waals surface area contributed by atoms with Crippen LogP contribution in [0.3, 0.4) is 0 Å². The summed E-state index contributed by atoms with van der Waals surface area (Å²) in [7, 11) is 1.98. The second-order valence-electron chi connectivity index (χ2n) is 4.61. The van der Waals surface area contributed by atoms with Crippen LogP contribution in [0.25, 0.3) is 10.8 Å². The maximum Gasteiger partial charge on any atom is 0.0998 e. The van der Waals surface area contributed by atoms with Gasteiger partial charge in [0.25, 0.3) is 0 Å². The van der Waals surface area contributed by atoms with Gasteiger partial charge in [0.15, 0.2) is 0 Å². The van der Waals surface area contributed by atoms with Crippen LogP contribution in [0, 0.1) is 22.7 Å². The number of anilines is 1.